The minimum atomic E-state index is -0.201. The van der Waals surface area contributed by atoms with Crippen LogP contribution in [0.1, 0.15) is 16.1 Å². The number of hydrogen-bond donors (Lipinski definition) is 0. The van der Waals surface area contributed by atoms with E-state index < -0.39 is 0 Å². The molecular weight excluding hydrogens is 304 g/mol. The van der Waals surface area contributed by atoms with Crippen LogP contribution in [0.3, 0.4) is 0 Å². The predicted octanol–water partition coefficient (Wildman–Crippen LogP) is 3.40. The van der Waals surface area contributed by atoms with E-state index in [1.54, 1.807) is 4.90 Å². The lowest BCUT2D eigenvalue weighted by Crippen LogP contribution is -2.34. The number of hydrogen-bond acceptors (Lipinski definition) is 4. The Kier molecular flexibility index (Phi) is 5.24. The van der Waals surface area contributed by atoms with Crippen molar-refractivity contribution >= 4 is 5.91 Å². The van der Waals surface area contributed by atoms with Crippen LogP contribution in [0, 0.1) is 0 Å². The second kappa shape index (κ2) is 7.97. The fraction of sp³-hybridized carbons (Fsp3) is 0.158. The van der Waals surface area contributed by atoms with Gasteiger partial charge >= 0.3 is 0 Å². The molecule has 0 aliphatic heterocycles. The maximum atomic E-state index is 12.6. The van der Waals surface area contributed by atoms with Crippen molar-refractivity contribution < 1.29 is 13.9 Å². The van der Waals surface area contributed by atoms with Crippen LogP contribution in [-0.2, 0) is 6.54 Å². The summed E-state index contributed by atoms with van der Waals surface area (Å²) >= 11 is 0. The summed E-state index contributed by atoms with van der Waals surface area (Å²) in [6.45, 7) is 1.33. The van der Waals surface area contributed by atoms with Gasteiger partial charge in [0, 0.05) is 6.54 Å². The summed E-state index contributed by atoms with van der Waals surface area (Å²) in [5.41, 5.74) is 1.05. The number of amides is 1. The van der Waals surface area contributed by atoms with Crippen molar-refractivity contribution in [2.24, 2.45) is 0 Å². The molecule has 1 amide bonds. The summed E-state index contributed by atoms with van der Waals surface area (Å²) in [6.07, 6.45) is 2.69. The molecule has 2 aromatic carbocycles. The van der Waals surface area contributed by atoms with E-state index in [1.165, 1.54) is 12.6 Å². The van der Waals surface area contributed by atoms with Crippen molar-refractivity contribution in [3.8, 4) is 5.75 Å². The highest BCUT2D eigenvalue weighted by molar-refractivity contribution is 5.91. The first-order valence-electron chi connectivity index (χ1n) is 7.72. The van der Waals surface area contributed by atoms with Crippen molar-refractivity contribution in [3.05, 3.63) is 84.6 Å². The highest BCUT2D eigenvalue weighted by Crippen LogP contribution is 2.12. The fourth-order valence-corrected chi connectivity index (χ4v) is 2.32. The smallest absolute Gasteiger partial charge is 0.291 e. The van der Waals surface area contributed by atoms with Gasteiger partial charge in [0.25, 0.3) is 5.91 Å². The number of rotatable bonds is 7. The first-order valence-corrected chi connectivity index (χ1v) is 7.72. The Hall–Kier alpha value is -3.08. The number of aromatic nitrogens is 1. The summed E-state index contributed by atoms with van der Waals surface area (Å²) in [7, 11) is 0. The number of ether oxygens (including phenoxy) is 1. The van der Waals surface area contributed by atoms with Crippen LogP contribution < -0.4 is 4.74 Å². The molecular formula is C19H18N2O3. The van der Waals surface area contributed by atoms with Gasteiger partial charge in [0.05, 0.1) is 12.7 Å². The zero-order valence-electron chi connectivity index (χ0n) is 13.2. The highest BCUT2D eigenvalue weighted by Gasteiger charge is 2.19. The Labute approximate surface area is 140 Å². The van der Waals surface area contributed by atoms with Crippen molar-refractivity contribution in [1.29, 1.82) is 0 Å². The van der Waals surface area contributed by atoms with Crippen LogP contribution in [0.5, 0.6) is 5.75 Å². The standard InChI is InChI=1S/C19H18N2O3/c22-19(18-13-20-15-24-18)21(14-16-7-3-1-4-8-16)11-12-23-17-9-5-2-6-10-17/h1-10,13,15H,11-12,14H2. The van der Waals surface area contributed by atoms with E-state index in [0.717, 1.165) is 11.3 Å². The second-order valence-electron chi connectivity index (χ2n) is 5.24. The molecule has 24 heavy (non-hydrogen) atoms. The summed E-state index contributed by atoms with van der Waals surface area (Å²) < 4.78 is 10.8. The molecule has 3 rings (SSSR count). The lowest BCUT2D eigenvalue weighted by molar-refractivity contribution is 0.0684. The van der Waals surface area contributed by atoms with Gasteiger partial charge in [0.15, 0.2) is 6.39 Å². The molecule has 0 saturated carbocycles. The first kappa shape index (κ1) is 15.8. The van der Waals surface area contributed by atoms with Gasteiger partial charge < -0.3 is 14.1 Å². The Bertz CT molecular complexity index is 743. The largest absolute Gasteiger partial charge is 0.492 e. The van der Waals surface area contributed by atoms with E-state index in [9.17, 15) is 4.79 Å². The molecule has 0 bridgehead atoms. The molecule has 0 atom stereocenters. The van der Waals surface area contributed by atoms with Gasteiger partial charge in [0.2, 0.25) is 5.76 Å². The minimum absolute atomic E-state index is 0.201. The van der Waals surface area contributed by atoms with Crippen LogP contribution in [0.4, 0.5) is 0 Å². The third kappa shape index (κ3) is 4.23. The van der Waals surface area contributed by atoms with E-state index in [4.69, 9.17) is 9.15 Å². The van der Waals surface area contributed by atoms with Crippen LogP contribution in [0.2, 0.25) is 0 Å². The number of benzene rings is 2. The number of carbonyl (C=O) groups is 1. The average molecular weight is 322 g/mol. The lowest BCUT2D eigenvalue weighted by Gasteiger charge is -2.21. The van der Waals surface area contributed by atoms with Gasteiger partial charge in [0.1, 0.15) is 12.4 Å². The Balaban J connectivity index is 1.66. The van der Waals surface area contributed by atoms with Gasteiger partial charge in [-0.3, -0.25) is 4.79 Å². The molecule has 5 nitrogen and oxygen atoms in total. The maximum Gasteiger partial charge on any atom is 0.291 e. The van der Waals surface area contributed by atoms with Crippen LogP contribution in [0.15, 0.2) is 77.7 Å². The van der Waals surface area contributed by atoms with E-state index >= 15 is 0 Å². The third-order valence-corrected chi connectivity index (χ3v) is 3.52. The fourth-order valence-electron chi connectivity index (χ4n) is 2.32. The lowest BCUT2D eigenvalue weighted by atomic mass is 10.2. The average Bonchev–Trinajstić information content (AvgIpc) is 3.17. The van der Waals surface area contributed by atoms with E-state index in [-0.39, 0.29) is 11.7 Å². The van der Waals surface area contributed by atoms with Gasteiger partial charge in [-0.05, 0) is 17.7 Å². The van der Waals surface area contributed by atoms with E-state index in [1.807, 2.05) is 60.7 Å². The Morgan fingerprint density at radius 3 is 2.42 bits per heavy atom. The monoisotopic (exact) mass is 322 g/mol. The Morgan fingerprint density at radius 2 is 1.75 bits per heavy atom. The molecule has 3 aromatic rings. The van der Waals surface area contributed by atoms with Crippen LogP contribution >= 0.6 is 0 Å². The summed E-state index contributed by atoms with van der Waals surface area (Å²) in [5, 5.41) is 0. The number of nitrogens with zero attached hydrogens (tertiary/aromatic N) is 2. The Morgan fingerprint density at radius 1 is 1.04 bits per heavy atom. The van der Waals surface area contributed by atoms with E-state index in [0.29, 0.717) is 19.7 Å². The maximum absolute atomic E-state index is 12.6. The zero-order chi connectivity index (χ0) is 16.6. The topological polar surface area (TPSA) is 55.6 Å². The molecule has 1 aromatic heterocycles. The summed E-state index contributed by atoms with van der Waals surface area (Å²) in [4.78, 5) is 18.1. The molecule has 0 fully saturated rings. The molecule has 0 unspecified atom stereocenters. The molecule has 0 spiro atoms. The third-order valence-electron chi connectivity index (χ3n) is 3.52. The molecule has 122 valence electrons. The highest BCUT2D eigenvalue weighted by atomic mass is 16.5. The molecule has 0 saturated heterocycles. The molecule has 0 N–H and O–H groups in total. The first-order chi connectivity index (χ1) is 11.8. The minimum Gasteiger partial charge on any atom is -0.492 e. The van der Waals surface area contributed by atoms with Gasteiger partial charge in [-0.15, -0.1) is 0 Å². The van der Waals surface area contributed by atoms with Crippen LogP contribution in [0.25, 0.3) is 0 Å². The van der Waals surface area contributed by atoms with Crippen molar-refractivity contribution in [2.75, 3.05) is 13.2 Å². The molecule has 0 aliphatic rings. The van der Waals surface area contributed by atoms with Crippen molar-refractivity contribution in [3.63, 3.8) is 0 Å². The number of para-hydroxylation sites is 1. The quantitative estimate of drug-likeness (QED) is 0.669. The molecule has 1 heterocycles. The summed E-state index contributed by atoms with van der Waals surface area (Å²) in [5.74, 6) is 0.808. The zero-order valence-corrected chi connectivity index (χ0v) is 13.2. The predicted molar refractivity (Wildman–Crippen MR) is 89.6 cm³/mol. The second-order valence-corrected chi connectivity index (χ2v) is 5.24. The van der Waals surface area contributed by atoms with Gasteiger partial charge in [-0.25, -0.2) is 4.98 Å². The van der Waals surface area contributed by atoms with Crippen molar-refractivity contribution in [2.45, 2.75) is 6.54 Å². The number of oxazole rings is 1. The molecule has 5 heteroatoms. The summed E-state index contributed by atoms with van der Waals surface area (Å²) in [6, 6.07) is 19.4. The normalized spacial score (nSPS) is 10.3. The van der Waals surface area contributed by atoms with E-state index in [2.05, 4.69) is 4.98 Å². The van der Waals surface area contributed by atoms with Gasteiger partial charge in [-0.1, -0.05) is 48.5 Å². The molecule has 0 radical (unpaired) electrons. The van der Waals surface area contributed by atoms with Crippen LogP contribution in [-0.4, -0.2) is 28.9 Å². The SMILES string of the molecule is O=C(c1cnco1)N(CCOc1ccccc1)Cc1ccccc1. The molecule has 0 aliphatic carbocycles. The van der Waals surface area contributed by atoms with Gasteiger partial charge in [-0.2, -0.15) is 0 Å². The number of carbonyl (C=O) groups excluding carboxylic acids is 1. The van der Waals surface area contributed by atoms with Crippen molar-refractivity contribution in [1.82, 2.24) is 9.88 Å².